The number of likely N-dealkylation sites (N-methyl/N-ethyl adjacent to an activating group) is 1. The summed E-state index contributed by atoms with van der Waals surface area (Å²) in [6.07, 6.45) is 1.84. The Kier molecular flexibility index (Phi) is 4.44. The monoisotopic (exact) mass is 278 g/mol. The van der Waals surface area contributed by atoms with Gasteiger partial charge in [-0.1, -0.05) is 0 Å². The summed E-state index contributed by atoms with van der Waals surface area (Å²) in [6.45, 7) is 2.96. The van der Waals surface area contributed by atoms with Gasteiger partial charge >= 0.3 is 0 Å². The first-order valence-corrected chi connectivity index (χ1v) is 6.82. The van der Waals surface area contributed by atoms with E-state index in [1.165, 1.54) is 0 Å². The minimum atomic E-state index is -0.0712. The quantitative estimate of drug-likeness (QED) is 0.771. The zero-order chi connectivity index (χ0) is 14.7. The van der Waals surface area contributed by atoms with Crippen LogP contribution in [0.1, 0.15) is 10.5 Å². The lowest BCUT2D eigenvalue weighted by Crippen LogP contribution is -2.53. The molecule has 1 fully saturated rings. The highest BCUT2D eigenvalue weighted by Crippen LogP contribution is 2.09. The Morgan fingerprint density at radius 3 is 2.65 bits per heavy atom. The third-order valence-corrected chi connectivity index (χ3v) is 3.59. The first kappa shape index (κ1) is 14.6. The second-order valence-electron chi connectivity index (χ2n) is 5.42. The van der Waals surface area contributed by atoms with Crippen LogP contribution in [0, 0.1) is 0 Å². The standard InChI is InChI=1S/C14H22N4O2/c1-15(2)7-8-17-9-10-18(11-13(17)19)14(20)12-5-4-6-16(12)3/h4-6H,7-11H2,1-3H3. The molecule has 1 aliphatic rings. The van der Waals surface area contributed by atoms with Crippen molar-refractivity contribution in [3.63, 3.8) is 0 Å². The second kappa shape index (κ2) is 6.09. The van der Waals surface area contributed by atoms with Gasteiger partial charge in [0.25, 0.3) is 5.91 Å². The van der Waals surface area contributed by atoms with Gasteiger partial charge in [-0.2, -0.15) is 0 Å². The summed E-state index contributed by atoms with van der Waals surface area (Å²) >= 11 is 0. The van der Waals surface area contributed by atoms with Crippen LogP contribution in [0.25, 0.3) is 0 Å². The number of aromatic nitrogens is 1. The van der Waals surface area contributed by atoms with E-state index in [-0.39, 0.29) is 18.4 Å². The Balaban J connectivity index is 1.94. The zero-order valence-corrected chi connectivity index (χ0v) is 12.4. The Bertz CT molecular complexity index is 495. The zero-order valence-electron chi connectivity index (χ0n) is 12.4. The summed E-state index contributed by atoms with van der Waals surface area (Å²) in [5.74, 6) is -0.0428. The molecule has 20 heavy (non-hydrogen) atoms. The fourth-order valence-corrected chi connectivity index (χ4v) is 2.28. The molecular weight excluding hydrogens is 256 g/mol. The molecule has 2 amide bonds. The van der Waals surface area contributed by atoms with Gasteiger partial charge in [-0.15, -0.1) is 0 Å². The maximum Gasteiger partial charge on any atom is 0.270 e. The molecule has 110 valence electrons. The van der Waals surface area contributed by atoms with Crippen LogP contribution in [0.15, 0.2) is 18.3 Å². The molecule has 1 aromatic heterocycles. The van der Waals surface area contributed by atoms with Crippen LogP contribution in [0.4, 0.5) is 0 Å². The Morgan fingerprint density at radius 2 is 2.10 bits per heavy atom. The van der Waals surface area contributed by atoms with E-state index in [1.807, 2.05) is 38.3 Å². The number of aryl methyl sites for hydroxylation is 1. The molecule has 1 aliphatic heterocycles. The molecule has 1 saturated heterocycles. The lowest BCUT2D eigenvalue weighted by Gasteiger charge is -2.34. The van der Waals surface area contributed by atoms with Gasteiger partial charge in [0.15, 0.2) is 0 Å². The number of carbonyl (C=O) groups excluding carboxylic acids is 2. The van der Waals surface area contributed by atoms with E-state index in [9.17, 15) is 9.59 Å². The number of rotatable bonds is 4. The van der Waals surface area contributed by atoms with Gasteiger partial charge in [-0.05, 0) is 26.2 Å². The molecule has 0 spiro atoms. The van der Waals surface area contributed by atoms with Crippen molar-refractivity contribution in [2.24, 2.45) is 7.05 Å². The second-order valence-corrected chi connectivity index (χ2v) is 5.42. The smallest absolute Gasteiger partial charge is 0.270 e. The first-order chi connectivity index (χ1) is 9.49. The summed E-state index contributed by atoms with van der Waals surface area (Å²) in [5, 5.41) is 0. The molecule has 0 aromatic carbocycles. The van der Waals surface area contributed by atoms with E-state index in [0.717, 1.165) is 13.1 Å². The minimum Gasteiger partial charge on any atom is -0.347 e. The fourth-order valence-electron chi connectivity index (χ4n) is 2.28. The third-order valence-electron chi connectivity index (χ3n) is 3.59. The number of hydrogen-bond acceptors (Lipinski definition) is 3. The predicted molar refractivity (Wildman–Crippen MR) is 76.5 cm³/mol. The molecule has 0 N–H and O–H groups in total. The van der Waals surface area contributed by atoms with Crippen LogP contribution < -0.4 is 0 Å². The highest BCUT2D eigenvalue weighted by atomic mass is 16.2. The largest absolute Gasteiger partial charge is 0.347 e. The van der Waals surface area contributed by atoms with Gasteiger partial charge in [0.2, 0.25) is 5.91 Å². The van der Waals surface area contributed by atoms with Gasteiger partial charge in [0.1, 0.15) is 12.2 Å². The molecule has 0 radical (unpaired) electrons. The molecule has 1 aromatic rings. The SMILES string of the molecule is CN(C)CCN1CCN(C(=O)c2cccn2C)CC1=O. The van der Waals surface area contributed by atoms with Crippen molar-refractivity contribution in [1.82, 2.24) is 19.3 Å². The molecule has 0 atom stereocenters. The number of carbonyl (C=O) groups is 2. The molecule has 0 bridgehead atoms. The van der Waals surface area contributed by atoms with Gasteiger partial charge in [-0.25, -0.2) is 0 Å². The maximum absolute atomic E-state index is 12.3. The van der Waals surface area contributed by atoms with E-state index in [1.54, 1.807) is 15.5 Å². The highest BCUT2D eigenvalue weighted by Gasteiger charge is 2.28. The van der Waals surface area contributed by atoms with Crippen molar-refractivity contribution in [2.45, 2.75) is 0 Å². The summed E-state index contributed by atoms with van der Waals surface area (Å²) in [6, 6.07) is 3.62. The van der Waals surface area contributed by atoms with Crippen molar-refractivity contribution in [3.8, 4) is 0 Å². The van der Waals surface area contributed by atoms with Crippen LogP contribution in [0.5, 0.6) is 0 Å². The molecular formula is C14H22N4O2. The lowest BCUT2D eigenvalue weighted by atomic mass is 10.2. The first-order valence-electron chi connectivity index (χ1n) is 6.82. The number of amides is 2. The number of piperazine rings is 1. The molecule has 2 rings (SSSR count). The van der Waals surface area contributed by atoms with E-state index < -0.39 is 0 Å². The highest BCUT2D eigenvalue weighted by molar-refractivity contribution is 5.95. The van der Waals surface area contributed by atoms with Crippen LogP contribution in [0.3, 0.4) is 0 Å². The van der Waals surface area contributed by atoms with Crippen LogP contribution in [-0.2, 0) is 11.8 Å². The normalized spacial score (nSPS) is 16.1. The van der Waals surface area contributed by atoms with E-state index in [4.69, 9.17) is 0 Å². The van der Waals surface area contributed by atoms with E-state index >= 15 is 0 Å². The molecule has 6 heteroatoms. The summed E-state index contributed by atoms with van der Waals surface area (Å²) in [5.41, 5.74) is 0.625. The predicted octanol–water partition coefficient (Wildman–Crippen LogP) is -0.129. The fraction of sp³-hybridized carbons (Fsp3) is 0.571. The van der Waals surface area contributed by atoms with Gasteiger partial charge in [0, 0.05) is 39.4 Å². The van der Waals surface area contributed by atoms with Crippen molar-refractivity contribution in [2.75, 3.05) is 46.8 Å². The maximum atomic E-state index is 12.3. The van der Waals surface area contributed by atoms with Crippen LogP contribution in [-0.4, -0.2) is 77.9 Å². The van der Waals surface area contributed by atoms with E-state index in [0.29, 0.717) is 18.8 Å². The average molecular weight is 278 g/mol. The van der Waals surface area contributed by atoms with Crippen molar-refractivity contribution in [3.05, 3.63) is 24.0 Å². The summed E-state index contributed by atoms with van der Waals surface area (Å²) in [7, 11) is 5.81. The van der Waals surface area contributed by atoms with Crippen LogP contribution >= 0.6 is 0 Å². The lowest BCUT2D eigenvalue weighted by molar-refractivity contribution is -0.135. The molecule has 2 heterocycles. The topological polar surface area (TPSA) is 48.8 Å². The van der Waals surface area contributed by atoms with Gasteiger partial charge in [-0.3, -0.25) is 9.59 Å². The van der Waals surface area contributed by atoms with E-state index in [2.05, 4.69) is 4.90 Å². The van der Waals surface area contributed by atoms with Crippen molar-refractivity contribution >= 4 is 11.8 Å². The third kappa shape index (κ3) is 3.19. The molecule has 6 nitrogen and oxygen atoms in total. The Hall–Kier alpha value is -1.82. The molecule has 0 saturated carbocycles. The van der Waals surface area contributed by atoms with Crippen molar-refractivity contribution < 1.29 is 9.59 Å². The Morgan fingerprint density at radius 1 is 1.35 bits per heavy atom. The number of hydrogen-bond donors (Lipinski definition) is 0. The Labute approximate surface area is 119 Å². The average Bonchev–Trinajstić information content (AvgIpc) is 2.82. The molecule has 0 unspecified atom stereocenters. The summed E-state index contributed by atoms with van der Waals surface area (Å²) < 4.78 is 1.78. The van der Waals surface area contributed by atoms with Gasteiger partial charge < -0.3 is 19.3 Å². The summed E-state index contributed by atoms with van der Waals surface area (Å²) in [4.78, 5) is 29.9. The van der Waals surface area contributed by atoms with Crippen molar-refractivity contribution in [1.29, 1.82) is 0 Å². The van der Waals surface area contributed by atoms with Crippen LogP contribution in [0.2, 0.25) is 0 Å². The van der Waals surface area contributed by atoms with Gasteiger partial charge in [0.05, 0.1) is 0 Å². The minimum absolute atomic E-state index is 0.0284. The number of nitrogens with zero attached hydrogens (tertiary/aromatic N) is 4. The molecule has 0 aliphatic carbocycles.